The van der Waals surface area contributed by atoms with E-state index in [1.54, 1.807) is 62.4 Å². The average molecular weight is 260 g/mol. The second kappa shape index (κ2) is 5.10. The molecule has 0 aliphatic heterocycles. The summed E-state index contributed by atoms with van der Waals surface area (Å²) in [6, 6.07) is 12.8. The van der Waals surface area contributed by atoms with Crippen LogP contribution < -0.4 is 9.47 Å². The predicted octanol–water partition coefficient (Wildman–Crippen LogP) is 3.29. The lowest BCUT2D eigenvalue weighted by molar-refractivity contribution is -0.0810. The van der Waals surface area contributed by atoms with Gasteiger partial charge in [0.1, 0.15) is 23.0 Å². The van der Waals surface area contributed by atoms with Crippen LogP contribution in [0.25, 0.3) is 0 Å². The highest BCUT2D eigenvalue weighted by molar-refractivity contribution is 5.32. The molecule has 2 aromatic carbocycles. The van der Waals surface area contributed by atoms with Gasteiger partial charge in [-0.3, -0.25) is 0 Å². The Morgan fingerprint density at radius 1 is 0.684 bits per heavy atom. The molecule has 0 saturated heterocycles. The quantitative estimate of drug-likeness (QED) is 0.828. The molecule has 19 heavy (non-hydrogen) atoms. The van der Waals surface area contributed by atoms with Crippen LogP contribution in [0.4, 0.5) is 0 Å². The Hall–Kier alpha value is -2.36. The maximum atomic E-state index is 9.21. The van der Waals surface area contributed by atoms with Crippen LogP contribution in [0.2, 0.25) is 0 Å². The number of benzene rings is 2. The summed E-state index contributed by atoms with van der Waals surface area (Å²) in [6.07, 6.45) is 0. The normalized spacial score (nSPS) is 11.1. The van der Waals surface area contributed by atoms with E-state index in [2.05, 4.69) is 0 Å². The summed E-state index contributed by atoms with van der Waals surface area (Å²) in [4.78, 5) is 0. The first-order chi connectivity index (χ1) is 8.94. The van der Waals surface area contributed by atoms with Gasteiger partial charge in [-0.1, -0.05) is 0 Å². The summed E-state index contributed by atoms with van der Waals surface area (Å²) in [6.45, 7) is 3.57. The van der Waals surface area contributed by atoms with E-state index >= 15 is 0 Å². The zero-order valence-electron chi connectivity index (χ0n) is 10.8. The minimum Gasteiger partial charge on any atom is -0.508 e. The minimum atomic E-state index is -0.867. The van der Waals surface area contributed by atoms with Gasteiger partial charge >= 0.3 is 0 Å². The summed E-state index contributed by atoms with van der Waals surface area (Å²) in [5.41, 5.74) is 0. The van der Waals surface area contributed by atoms with Crippen molar-refractivity contribution in [3.05, 3.63) is 48.5 Å². The van der Waals surface area contributed by atoms with Gasteiger partial charge in [-0.25, -0.2) is 0 Å². The lowest BCUT2D eigenvalue weighted by Crippen LogP contribution is -2.35. The van der Waals surface area contributed by atoms with Gasteiger partial charge < -0.3 is 19.7 Å². The highest BCUT2D eigenvalue weighted by atomic mass is 16.7. The van der Waals surface area contributed by atoms with Gasteiger partial charge in [-0.05, 0) is 48.5 Å². The van der Waals surface area contributed by atoms with E-state index in [4.69, 9.17) is 9.47 Å². The van der Waals surface area contributed by atoms with E-state index in [9.17, 15) is 10.2 Å². The summed E-state index contributed by atoms with van der Waals surface area (Å²) in [7, 11) is 0. The number of ether oxygens (including phenoxy) is 2. The third kappa shape index (κ3) is 3.81. The zero-order valence-corrected chi connectivity index (χ0v) is 10.8. The summed E-state index contributed by atoms with van der Waals surface area (Å²) in [5.74, 6) is 0.700. The smallest absolute Gasteiger partial charge is 0.245 e. The van der Waals surface area contributed by atoms with Crippen LogP contribution in [0.1, 0.15) is 13.8 Å². The lowest BCUT2D eigenvalue weighted by Gasteiger charge is -2.27. The molecule has 0 unspecified atom stereocenters. The van der Waals surface area contributed by atoms with Crippen LogP contribution in [0.3, 0.4) is 0 Å². The molecule has 4 heteroatoms. The molecule has 4 nitrogen and oxygen atoms in total. The van der Waals surface area contributed by atoms with Gasteiger partial charge in [0.15, 0.2) is 0 Å². The standard InChI is InChI=1S/C15H16O4/c1-15(2,18-13-7-3-11(16)4-8-13)19-14-9-5-12(17)6-10-14/h3-10,16-17H,1-2H3. The Labute approximate surface area is 111 Å². The van der Waals surface area contributed by atoms with E-state index in [0.29, 0.717) is 11.5 Å². The van der Waals surface area contributed by atoms with Crippen LogP contribution in [-0.4, -0.2) is 16.0 Å². The average Bonchev–Trinajstić information content (AvgIpc) is 2.34. The molecular formula is C15H16O4. The van der Waals surface area contributed by atoms with Crippen molar-refractivity contribution in [3.63, 3.8) is 0 Å². The number of rotatable bonds is 4. The Morgan fingerprint density at radius 2 is 1.00 bits per heavy atom. The lowest BCUT2D eigenvalue weighted by atomic mass is 10.3. The fraction of sp³-hybridized carbons (Fsp3) is 0.200. The molecule has 0 radical (unpaired) electrons. The van der Waals surface area contributed by atoms with Crippen molar-refractivity contribution in [2.75, 3.05) is 0 Å². The Morgan fingerprint density at radius 3 is 1.32 bits per heavy atom. The van der Waals surface area contributed by atoms with Gasteiger partial charge in [-0.15, -0.1) is 0 Å². The molecule has 0 aromatic heterocycles. The molecule has 0 heterocycles. The highest BCUT2D eigenvalue weighted by Gasteiger charge is 2.21. The molecule has 2 aromatic rings. The summed E-state index contributed by atoms with van der Waals surface area (Å²) >= 11 is 0. The number of phenols is 2. The van der Waals surface area contributed by atoms with Crippen molar-refractivity contribution in [2.45, 2.75) is 19.6 Å². The number of aromatic hydroxyl groups is 2. The zero-order chi connectivity index (χ0) is 13.9. The minimum absolute atomic E-state index is 0.185. The monoisotopic (exact) mass is 260 g/mol. The first kappa shape index (κ1) is 13.1. The summed E-state index contributed by atoms with van der Waals surface area (Å²) in [5, 5.41) is 18.4. The van der Waals surface area contributed by atoms with Crippen molar-refractivity contribution in [2.24, 2.45) is 0 Å². The van der Waals surface area contributed by atoms with E-state index in [0.717, 1.165) is 0 Å². The van der Waals surface area contributed by atoms with Gasteiger partial charge in [0.2, 0.25) is 5.79 Å². The van der Waals surface area contributed by atoms with Crippen molar-refractivity contribution in [1.82, 2.24) is 0 Å². The maximum Gasteiger partial charge on any atom is 0.245 e. The van der Waals surface area contributed by atoms with Gasteiger partial charge in [0, 0.05) is 13.8 Å². The highest BCUT2D eigenvalue weighted by Crippen LogP contribution is 2.25. The molecule has 0 fully saturated rings. The van der Waals surface area contributed by atoms with Gasteiger partial charge in [0.25, 0.3) is 0 Å². The van der Waals surface area contributed by atoms with E-state index in [1.807, 2.05) is 0 Å². The largest absolute Gasteiger partial charge is 0.508 e. The van der Waals surface area contributed by atoms with Crippen LogP contribution in [0.5, 0.6) is 23.0 Å². The van der Waals surface area contributed by atoms with Crippen LogP contribution in [0, 0.1) is 0 Å². The predicted molar refractivity (Wildman–Crippen MR) is 71.5 cm³/mol. The molecule has 0 spiro atoms. The third-order valence-electron chi connectivity index (χ3n) is 2.40. The molecule has 0 atom stereocenters. The Kier molecular flexibility index (Phi) is 3.51. The Bertz CT molecular complexity index is 480. The maximum absolute atomic E-state index is 9.21. The van der Waals surface area contributed by atoms with E-state index in [1.165, 1.54) is 0 Å². The SMILES string of the molecule is CC(C)(Oc1ccc(O)cc1)Oc1ccc(O)cc1. The molecule has 100 valence electrons. The molecule has 2 rings (SSSR count). The van der Waals surface area contributed by atoms with Crippen molar-refractivity contribution < 1.29 is 19.7 Å². The Balaban J connectivity index is 2.05. The van der Waals surface area contributed by atoms with E-state index < -0.39 is 5.79 Å². The van der Waals surface area contributed by atoms with E-state index in [-0.39, 0.29) is 11.5 Å². The topological polar surface area (TPSA) is 58.9 Å². The number of hydrogen-bond donors (Lipinski definition) is 2. The fourth-order valence-electron chi connectivity index (χ4n) is 1.62. The second-order valence-electron chi connectivity index (χ2n) is 4.59. The van der Waals surface area contributed by atoms with Gasteiger partial charge in [-0.2, -0.15) is 0 Å². The molecular weight excluding hydrogens is 244 g/mol. The van der Waals surface area contributed by atoms with Crippen molar-refractivity contribution in [3.8, 4) is 23.0 Å². The molecule has 0 saturated carbocycles. The van der Waals surface area contributed by atoms with Crippen molar-refractivity contribution >= 4 is 0 Å². The van der Waals surface area contributed by atoms with Crippen LogP contribution in [0.15, 0.2) is 48.5 Å². The van der Waals surface area contributed by atoms with Crippen molar-refractivity contribution in [1.29, 1.82) is 0 Å². The summed E-state index contributed by atoms with van der Waals surface area (Å²) < 4.78 is 11.4. The number of hydrogen-bond acceptors (Lipinski definition) is 4. The van der Waals surface area contributed by atoms with Gasteiger partial charge in [0.05, 0.1) is 0 Å². The van der Waals surface area contributed by atoms with Crippen LogP contribution >= 0.6 is 0 Å². The first-order valence-corrected chi connectivity index (χ1v) is 5.91. The third-order valence-corrected chi connectivity index (χ3v) is 2.40. The molecule has 0 amide bonds. The second-order valence-corrected chi connectivity index (χ2v) is 4.59. The fourth-order valence-corrected chi connectivity index (χ4v) is 1.62. The molecule has 0 bridgehead atoms. The molecule has 0 aliphatic rings. The number of phenolic OH excluding ortho intramolecular Hbond substituents is 2. The first-order valence-electron chi connectivity index (χ1n) is 5.91. The van der Waals surface area contributed by atoms with Crippen LogP contribution in [-0.2, 0) is 0 Å². The molecule has 2 N–H and O–H groups in total. The molecule has 0 aliphatic carbocycles.